The number of hydrogen-bond acceptors (Lipinski definition) is 3. The molecule has 0 aromatic rings. The molecule has 5 nitrogen and oxygen atoms in total. The number of carbonyl (C=O) groups is 2. The van der Waals surface area contributed by atoms with Crippen molar-refractivity contribution in [3.05, 3.63) is 0 Å². The van der Waals surface area contributed by atoms with Crippen LogP contribution in [0.25, 0.3) is 0 Å². The Morgan fingerprint density at radius 2 is 1.71 bits per heavy atom. The summed E-state index contributed by atoms with van der Waals surface area (Å²) in [5.74, 6) is -0.329. The maximum absolute atomic E-state index is 12.2. The van der Waals surface area contributed by atoms with Crippen LogP contribution in [0.4, 0.5) is 4.79 Å². The number of ether oxygens (including phenoxy) is 1. The van der Waals surface area contributed by atoms with Gasteiger partial charge in [0.05, 0.1) is 13.0 Å². The van der Waals surface area contributed by atoms with Crippen LogP contribution < -0.4 is 0 Å². The fourth-order valence-electron chi connectivity index (χ4n) is 2.62. The van der Waals surface area contributed by atoms with Crippen LogP contribution in [-0.2, 0) is 9.53 Å². The number of likely N-dealkylation sites (tertiary alicyclic amines) is 2. The van der Waals surface area contributed by atoms with E-state index in [2.05, 4.69) is 0 Å². The Labute approximate surface area is 102 Å². The summed E-state index contributed by atoms with van der Waals surface area (Å²) in [6, 6.07) is 0.0936. The highest BCUT2D eigenvalue weighted by Crippen LogP contribution is 2.20. The lowest BCUT2D eigenvalue weighted by Crippen LogP contribution is -2.48. The quantitative estimate of drug-likeness (QED) is 0.645. The van der Waals surface area contributed by atoms with Gasteiger partial charge in [0.1, 0.15) is 0 Å². The lowest BCUT2D eigenvalue weighted by atomic mass is 9.98. The maximum atomic E-state index is 12.2. The first-order valence-electron chi connectivity index (χ1n) is 6.34. The van der Waals surface area contributed by atoms with Gasteiger partial charge in [-0.2, -0.15) is 0 Å². The van der Waals surface area contributed by atoms with Crippen molar-refractivity contribution < 1.29 is 14.3 Å². The van der Waals surface area contributed by atoms with E-state index < -0.39 is 0 Å². The lowest BCUT2D eigenvalue weighted by Gasteiger charge is -2.34. The largest absolute Gasteiger partial charge is 0.469 e. The molecule has 2 aliphatic rings. The standard InChI is InChI=1S/C12H20N2O3/c1-17-11(15)10-5-4-8-14(9-10)12(16)13-6-2-3-7-13/h10H,2-9H2,1H3/t10-/m0/s1. The molecule has 0 saturated carbocycles. The molecule has 2 amide bonds. The second kappa shape index (κ2) is 5.38. The van der Waals surface area contributed by atoms with Crippen molar-refractivity contribution in [2.75, 3.05) is 33.3 Å². The van der Waals surface area contributed by atoms with Crippen LogP contribution in [0.3, 0.4) is 0 Å². The van der Waals surface area contributed by atoms with Gasteiger partial charge in [-0.1, -0.05) is 0 Å². The van der Waals surface area contributed by atoms with Crippen LogP contribution in [0.1, 0.15) is 25.7 Å². The molecule has 2 rings (SSSR count). The van der Waals surface area contributed by atoms with E-state index in [1.807, 2.05) is 4.90 Å². The zero-order chi connectivity index (χ0) is 12.3. The van der Waals surface area contributed by atoms with E-state index >= 15 is 0 Å². The predicted octanol–water partition coefficient (Wildman–Crippen LogP) is 1.09. The molecule has 17 heavy (non-hydrogen) atoms. The first kappa shape index (κ1) is 12.2. The van der Waals surface area contributed by atoms with E-state index in [9.17, 15) is 9.59 Å². The van der Waals surface area contributed by atoms with Gasteiger partial charge in [0.15, 0.2) is 0 Å². The Morgan fingerprint density at radius 1 is 1.06 bits per heavy atom. The Morgan fingerprint density at radius 3 is 2.35 bits per heavy atom. The Bertz CT molecular complexity index is 300. The summed E-state index contributed by atoms with van der Waals surface area (Å²) < 4.78 is 4.75. The molecule has 0 aromatic heterocycles. The molecule has 2 heterocycles. The van der Waals surface area contributed by atoms with Gasteiger partial charge in [0.25, 0.3) is 0 Å². The molecular formula is C12H20N2O3. The van der Waals surface area contributed by atoms with Crippen molar-refractivity contribution in [1.82, 2.24) is 9.80 Å². The minimum absolute atomic E-state index is 0.0936. The van der Waals surface area contributed by atoms with Crippen molar-refractivity contribution >= 4 is 12.0 Å². The highest BCUT2D eigenvalue weighted by molar-refractivity contribution is 5.77. The van der Waals surface area contributed by atoms with Crippen LogP contribution in [0, 0.1) is 5.92 Å². The number of urea groups is 1. The molecule has 2 saturated heterocycles. The van der Waals surface area contributed by atoms with Crippen LogP contribution >= 0.6 is 0 Å². The second-order valence-electron chi connectivity index (χ2n) is 4.79. The minimum atomic E-state index is -0.191. The number of piperidine rings is 1. The number of carbonyl (C=O) groups excluding carboxylic acids is 2. The highest BCUT2D eigenvalue weighted by atomic mass is 16.5. The Kier molecular flexibility index (Phi) is 3.86. The second-order valence-corrected chi connectivity index (χ2v) is 4.79. The van der Waals surface area contributed by atoms with Crippen LogP contribution in [0.2, 0.25) is 0 Å². The minimum Gasteiger partial charge on any atom is -0.469 e. The fraction of sp³-hybridized carbons (Fsp3) is 0.833. The van der Waals surface area contributed by atoms with Gasteiger partial charge in [-0.25, -0.2) is 4.79 Å². The molecule has 0 radical (unpaired) electrons. The van der Waals surface area contributed by atoms with E-state index in [0.29, 0.717) is 6.54 Å². The SMILES string of the molecule is COC(=O)[C@H]1CCCN(C(=O)N2CCCC2)C1. The fourth-order valence-corrected chi connectivity index (χ4v) is 2.62. The van der Waals surface area contributed by atoms with Gasteiger partial charge in [-0.15, -0.1) is 0 Å². The summed E-state index contributed by atoms with van der Waals surface area (Å²) >= 11 is 0. The van der Waals surface area contributed by atoms with Gasteiger partial charge in [0.2, 0.25) is 0 Å². The molecule has 2 fully saturated rings. The van der Waals surface area contributed by atoms with Crippen molar-refractivity contribution in [2.24, 2.45) is 5.92 Å². The number of hydrogen-bond donors (Lipinski definition) is 0. The third kappa shape index (κ3) is 2.70. The number of nitrogens with zero attached hydrogens (tertiary/aromatic N) is 2. The smallest absolute Gasteiger partial charge is 0.320 e. The summed E-state index contributed by atoms with van der Waals surface area (Å²) in [6.45, 7) is 3.00. The normalized spacial score (nSPS) is 24.9. The summed E-state index contributed by atoms with van der Waals surface area (Å²) in [5.41, 5.74) is 0. The van der Waals surface area contributed by atoms with Crippen molar-refractivity contribution in [1.29, 1.82) is 0 Å². The van der Waals surface area contributed by atoms with E-state index in [0.717, 1.165) is 45.3 Å². The Hall–Kier alpha value is -1.26. The van der Waals surface area contributed by atoms with E-state index in [4.69, 9.17) is 4.74 Å². The lowest BCUT2D eigenvalue weighted by molar-refractivity contribution is -0.146. The third-order valence-corrected chi connectivity index (χ3v) is 3.60. The van der Waals surface area contributed by atoms with Gasteiger partial charge in [-0.3, -0.25) is 4.79 Å². The average molecular weight is 240 g/mol. The molecule has 2 aliphatic heterocycles. The van der Waals surface area contributed by atoms with E-state index in [1.54, 1.807) is 4.90 Å². The molecule has 0 N–H and O–H groups in total. The molecule has 0 bridgehead atoms. The predicted molar refractivity (Wildman–Crippen MR) is 62.5 cm³/mol. The number of methoxy groups -OCH3 is 1. The van der Waals surface area contributed by atoms with Crippen molar-refractivity contribution in [3.8, 4) is 0 Å². The van der Waals surface area contributed by atoms with Gasteiger partial charge >= 0.3 is 12.0 Å². The van der Waals surface area contributed by atoms with Crippen molar-refractivity contribution in [2.45, 2.75) is 25.7 Å². The molecule has 5 heteroatoms. The van der Waals surface area contributed by atoms with Gasteiger partial charge in [0, 0.05) is 26.2 Å². The maximum Gasteiger partial charge on any atom is 0.320 e. The van der Waals surface area contributed by atoms with Crippen molar-refractivity contribution in [3.63, 3.8) is 0 Å². The molecule has 0 unspecified atom stereocenters. The first-order valence-corrected chi connectivity index (χ1v) is 6.34. The summed E-state index contributed by atoms with van der Waals surface area (Å²) in [6.07, 6.45) is 3.91. The van der Waals surface area contributed by atoms with E-state index in [-0.39, 0.29) is 17.9 Å². The number of amides is 2. The van der Waals surface area contributed by atoms with Crippen LogP contribution in [-0.4, -0.2) is 55.1 Å². The first-order chi connectivity index (χ1) is 8.22. The summed E-state index contributed by atoms with van der Waals surface area (Å²) in [5, 5.41) is 0. The zero-order valence-electron chi connectivity index (χ0n) is 10.4. The molecule has 1 atom stereocenters. The zero-order valence-corrected chi connectivity index (χ0v) is 10.4. The number of rotatable bonds is 1. The molecule has 0 spiro atoms. The monoisotopic (exact) mass is 240 g/mol. The molecule has 0 aliphatic carbocycles. The van der Waals surface area contributed by atoms with Crippen LogP contribution in [0.5, 0.6) is 0 Å². The molecule has 0 aromatic carbocycles. The summed E-state index contributed by atoms with van der Waals surface area (Å²) in [7, 11) is 1.41. The van der Waals surface area contributed by atoms with Gasteiger partial charge < -0.3 is 14.5 Å². The summed E-state index contributed by atoms with van der Waals surface area (Å²) in [4.78, 5) is 27.3. The Balaban J connectivity index is 1.92. The van der Waals surface area contributed by atoms with Gasteiger partial charge in [-0.05, 0) is 25.7 Å². The van der Waals surface area contributed by atoms with Crippen LogP contribution in [0.15, 0.2) is 0 Å². The topological polar surface area (TPSA) is 49.9 Å². The molecule has 96 valence electrons. The molecular weight excluding hydrogens is 220 g/mol. The average Bonchev–Trinajstić information content (AvgIpc) is 2.91. The van der Waals surface area contributed by atoms with E-state index in [1.165, 1.54) is 7.11 Å². The third-order valence-electron chi connectivity index (χ3n) is 3.60. The highest BCUT2D eigenvalue weighted by Gasteiger charge is 2.31. The number of esters is 1.